The Morgan fingerprint density at radius 1 is 1.33 bits per heavy atom. The molecule has 3 heteroatoms. The molecule has 84 valence electrons. The first-order valence-electron chi connectivity index (χ1n) is 5.17. The molecule has 2 nitrogen and oxygen atoms in total. The second-order valence-corrected chi connectivity index (χ2v) is 5.41. The third-order valence-electron chi connectivity index (χ3n) is 2.21. The Kier molecular flexibility index (Phi) is 3.86. The summed E-state index contributed by atoms with van der Waals surface area (Å²) in [5.41, 5.74) is 7.82. The van der Waals surface area contributed by atoms with Gasteiger partial charge in [-0.25, -0.2) is 0 Å². The van der Waals surface area contributed by atoms with Gasteiger partial charge >= 0.3 is 0 Å². The first kappa shape index (κ1) is 12.2. The molecule has 0 spiro atoms. The Morgan fingerprint density at radius 2 is 2.00 bits per heavy atom. The van der Waals surface area contributed by atoms with Crippen molar-refractivity contribution in [2.75, 3.05) is 17.6 Å². The van der Waals surface area contributed by atoms with Crippen LogP contribution in [0.4, 0.5) is 11.4 Å². The molecule has 1 aromatic rings. The number of anilines is 2. The van der Waals surface area contributed by atoms with Gasteiger partial charge in [0.1, 0.15) is 0 Å². The lowest BCUT2D eigenvalue weighted by atomic mass is 9.92. The van der Waals surface area contributed by atoms with Crippen LogP contribution in [0.25, 0.3) is 0 Å². The van der Waals surface area contributed by atoms with E-state index in [1.807, 2.05) is 12.1 Å². The number of hydrogen-bond donors (Lipinski definition) is 2. The molecule has 1 rings (SSSR count). The first-order valence-corrected chi connectivity index (χ1v) is 5.55. The lowest BCUT2D eigenvalue weighted by Gasteiger charge is -2.19. The van der Waals surface area contributed by atoms with Gasteiger partial charge in [0.05, 0.1) is 11.4 Å². The average Bonchev–Trinajstić information content (AvgIpc) is 2.09. The van der Waals surface area contributed by atoms with Crippen LogP contribution in [0.1, 0.15) is 27.2 Å². The number of hydrogen-bond acceptors (Lipinski definition) is 2. The van der Waals surface area contributed by atoms with E-state index in [1.54, 1.807) is 6.07 Å². The smallest absolute Gasteiger partial charge is 0.0588 e. The molecule has 0 radical (unpaired) electrons. The normalized spacial score (nSPS) is 11.5. The van der Waals surface area contributed by atoms with E-state index in [0.717, 1.165) is 24.3 Å². The second-order valence-electron chi connectivity index (χ2n) is 4.97. The number of rotatable bonds is 3. The standard InChI is InChI=1S/C12H19ClN2/c1-12(2,3)6-7-15-11-8-9(13)4-5-10(11)14/h4-5,8,15H,6-7,14H2,1-3H3. The van der Waals surface area contributed by atoms with Gasteiger partial charge in [0.25, 0.3) is 0 Å². The van der Waals surface area contributed by atoms with Crippen molar-refractivity contribution in [1.82, 2.24) is 0 Å². The molecular formula is C12H19ClN2. The number of nitrogens with one attached hydrogen (secondary N) is 1. The van der Waals surface area contributed by atoms with E-state index in [4.69, 9.17) is 17.3 Å². The Bertz CT molecular complexity index is 329. The molecule has 3 N–H and O–H groups in total. The average molecular weight is 227 g/mol. The first-order chi connectivity index (χ1) is 6.88. The predicted molar refractivity (Wildman–Crippen MR) is 68.4 cm³/mol. The van der Waals surface area contributed by atoms with Crippen molar-refractivity contribution in [2.45, 2.75) is 27.2 Å². The summed E-state index contributed by atoms with van der Waals surface area (Å²) in [5.74, 6) is 0. The zero-order chi connectivity index (χ0) is 11.5. The topological polar surface area (TPSA) is 38.0 Å². The van der Waals surface area contributed by atoms with Crippen LogP contribution in [0.5, 0.6) is 0 Å². The fourth-order valence-electron chi connectivity index (χ4n) is 1.25. The molecule has 0 aliphatic heterocycles. The molecular weight excluding hydrogens is 208 g/mol. The molecule has 1 aromatic carbocycles. The highest BCUT2D eigenvalue weighted by molar-refractivity contribution is 6.31. The van der Waals surface area contributed by atoms with Crippen LogP contribution in [0.3, 0.4) is 0 Å². The van der Waals surface area contributed by atoms with Gasteiger partial charge in [-0.2, -0.15) is 0 Å². The molecule has 0 aromatic heterocycles. The Hall–Kier alpha value is -0.890. The largest absolute Gasteiger partial charge is 0.397 e. The summed E-state index contributed by atoms with van der Waals surface area (Å²) in [5, 5.41) is 4.01. The van der Waals surface area contributed by atoms with Crippen molar-refractivity contribution >= 4 is 23.0 Å². The minimum absolute atomic E-state index is 0.334. The van der Waals surface area contributed by atoms with Crippen LogP contribution in [-0.4, -0.2) is 6.54 Å². The van der Waals surface area contributed by atoms with Crippen LogP contribution in [0, 0.1) is 5.41 Å². The third kappa shape index (κ3) is 4.43. The molecule has 0 atom stereocenters. The van der Waals surface area contributed by atoms with Crippen LogP contribution in [0.2, 0.25) is 5.02 Å². The Morgan fingerprint density at radius 3 is 2.60 bits per heavy atom. The monoisotopic (exact) mass is 226 g/mol. The molecule has 0 unspecified atom stereocenters. The van der Waals surface area contributed by atoms with E-state index < -0.39 is 0 Å². The quantitative estimate of drug-likeness (QED) is 0.770. The van der Waals surface area contributed by atoms with E-state index in [0.29, 0.717) is 10.4 Å². The van der Waals surface area contributed by atoms with Crippen LogP contribution in [-0.2, 0) is 0 Å². The van der Waals surface area contributed by atoms with Gasteiger partial charge in [-0.1, -0.05) is 32.4 Å². The number of nitrogen functional groups attached to an aromatic ring is 1. The highest BCUT2D eigenvalue weighted by Crippen LogP contribution is 2.24. The molecule has 0 amide bonds. The van der Waals surface area contributed by atoms with E-state index in [-0.39, 0.29) is 0 Å². The summed E-state index contributed by atoms with van der Waals surface area (Å²) in [6.45, 7) is 7.57. The highest BCUT2D eigenvalue weighted by atomic mass is 35.5. The maximum Gasteiger partial charge on any atom is 0.0588 e. The fraction of sp³-hybridized carbons (Fsp3) is 0.500. The minimum Gasteiger partial charge on any atom is -0.397 e. The summed E-state index contributed by atoms with van der Waals surface area (Å²) in [6, 6.07) is 5.48. The summed E-state index contributed by atoms with van der Waals surface area (Å²) < 4.78 is 0. The van der Waals surface area contributed by atoms with Crippen molar-refractivity contribution < 1.29 is 0 Å². The van der Waals surface area contributed by atoms with Gasteiger partial charge in [-0.3, -0.25) is 0 Å². The molecule has 0 saturated carbocycles. The van der Waals surface area contributed by atoms with Crippen molar-refractivity contribution in [3.63, 3.8) is 0 Å². The molecule has 0 aliphatic carbocycles. The summed E-state index contributed by atoms with van der Waals surface area (Å²) >= 11 is 5.89. The van der Waals surface area contributed by atoms with Crippen LogP contribution >= 0.6 is 11.6 Å². The SMILES string of the molecule is CC(C)(C)CCNc1cc(Cl)ccc1N. The third-order valence-corrected chi connectivity index (χ3v) is 2.44. The van der Waals surface area contributed by atoms with Crippen molar-refractivity contribution in [3.8, 4) is 0 Å². The van der Waals surface area contributed by atoms with Gasteiger partial charge in [-0.05, 0) is 30.0 Å². The molecule has 0 fully saturated rings. The van der Waals surface area contributed by atoms with Gasteiger partial charge in [-0.15, -0.1) is 0 Å². The Labute approximate surface area is 96.8 Å². The van der Waals surface area contributed by atoms with E-state index in [1.165, 1.54) is 0 Å². The number of nitrogens with two attached hydrogens (primary N) is 1. The zero-order valence-electron chi connectivity index (χ0n) is 9.60. The van der Waals surface area contributed by atoms with E-state index in [9.17, 15) is 0 Å². The van der Waals surface area contributed by atoms with Crippen LogP contribution in [0.15, 0.2) is 18.2 Å². The number of halogens is 1. The van der Waals surface area contributed by atoms with Crippen LogP contribution < -0.4 is 11.1 Å². The maximum atomic E-state index is 5.89. The Balaban J connectivity index is 2.54. The fourth-order valence-corrected chi connectivity index (χ4v) is 1.43. The van der Waals surface area contributed by atoms with E-state index in [2.05, 4.69) is 26.1 Å². The molecule has 0 heterocycles. The predicted octanol–water partition coefficient (Wildman–Crippen LogP) is 3.77. The van der Waals surface area contributed by atoms with E-state index >= 15 is 0 Å². The van der Waals surface area contributed by atoms with Gasteiger partial charge in [0.2, 0.25) is 0 Å². The van der Waals surface area contributed by atoms with Crippen molar-refractivity contribution in [1.29, 1.82) is 0 Å². The van der Waals surface area contributed by atoms with Gasteiger partial charge in [0.15, 0.2) is 0 Å². The molecule has 15 heavy (non-hydrogen) atoms. The second kappa shape index (κ2) is 4.75. The lowest BCUT2D eigenvalue weighted by molar-refractivity contribution is 0.390. The maximum absolute atomic E-state index is 5.89. The highest BCUT2D eigenvalue weighted by Gasteiger charge is 2.09. The lowest BCUT2D eigenvalue weighted by Crippen LogP contribution is -2.13. The van der Waals surface area contributed by atoms with Crippen molar-refractivity contribution in [3.05, 3.63) is 23.2 Å². The minimum atomic E-state index is 0.334. The zero-order valence-corrected chi connectivity index (χ0v) is 10.4. The van der Waals surface area contributed by atoms with Gasteiger partial charge in [0, 0.05) is 11.6 Å². The summed E-state index contributed by atoms with van der Waals surface area (Å²) in [6.07, 6.45) is 1.10. The van der Waals surface area contributed by atoms with Gasteiger partial charge < -0.3 is 11.1 Å². The summed E-state index contributed by atoms with van der Waals surface area (Å²) in [4.78, 5) is 0. The molecule has 0 saturated heterocycles. The molecule has 0 bridgehead atoms. The molecule has 0 aliphatic rings. The van der Waals surface area contributed by atoms with Crippen molar-refractivity contribution in [2.24, 2.45) is 5.41 Å². The number of benzene rings is 1. The summed E-state index contributed by atoms with van der Waals surface area (Å²) in [7, 11) is 0.